The van der Waals surface area contributed by atoms with E-state index in [2.05, 4.69) is 29.8 Å². The molecule has 0 aromatic rings. The molecule has 0 radical (unpaired) electrons. The zero-order chi connectivity index (χ0) is 12.5. The van der Waals surface area contributed by atoms with E-state index in [0.29, 0.717) is 12.3 Å². The lowest BCUT2D eigenvalue weighted by atomic mass is 10.00. The van der Waals surface area contributed by atoms with E-state index in [4.69, 9.17) is 0 Å². The summed E-state index contributed by atoms with van der Waals surface area (Å²) in [7, 11) is 0. The van der Waals surface area contributed by atoms with Crippen LogP contribution < -0.4 is 16.0 Å². The highest BCUT2D eigenvalue weighted by molar-refractivity contribution is 5.76. The van der Waals surface area contributed by atoms with Gasteiger partial charge in [-0.2, -0.15) is 0 Å². The molecule has 0 bridgehead atoms. The first kappa shape index (κ1) is 14.5. The van der Waals surface area contributed by atoms with Crippen molar-refractivity contribution in [3.8, 4) is 0 Å². The minimum Gasteiger partial charge on any atom is -0.356 e. The average Bonchev–Trinajstić information content (AvgIpc) is 2.33. The molecule has 1 unspecified atom stereocenters. The number of amides is 1. The van der Waals surface area contributed by atoms with Crippen molar-refractivity contribution in [2.75, 3.05) is 32.7 Å². The molecule has 4 heteroatoms. The second-order valence-corrected chi connectivity index (χ2v) is 5.36. The molecular formula is C13H27N3O. The summed E-state index contributed by atoms with van der Waals surface area (Å²) in [5, 5.41) is 9.70. The predicted octanol–water partition coefficient (Wildman–Crippen LogP) is 0.738. The summed E-state index contributed by atoms with van der Waals surface area (Å²) in [4.78, 5) is 11.4. The maximum atomic E-state index is 11.4. The quantitative estimate of drug-likeness (QED) is 0.576. The Kier molecular flexibility index (Phi) is 7.21. The van der Waals surface area contributed by atoms with Gasteiger partial charge in [0, 0.05) is 19.5 Å². The largest absolute Gasteiger partial charge is 0.356 e. The fourth-order valence-electron chi connectivity index (χ4n) is 2.01. The van der Waals surface area contributed by atoms with Crippen molar-refractivity contribution in [3.63, 3.8) is 0 Å². The number of hydrogen-bond donors (Lipinski definition) is 3. The summed E-state index contributed by atoms with van der Waals surface area (Å²) < 4.78 is 0. The average molecular weight is 241 g/mol. The fraction of sp³-hybridized carbons (Fsp3) is 0.923. The Labute approximate surface area is 105 Å². The second-order valence-electron chi connectivity index (χ2n) is 5.36. The molecular weight excluding hydrogens is 214 g/mol. The van der Waals surface area contributed by atoms with E-state index in [1.54, 1.807) is 0 Å². The van der Waals surface area contributed by atoms with E-state index in [-0.39, 0.29) is 5.91 Å². The molecule has 1 fully saturated rings. The van der Waals surface area contributed by atoms with Crippen LogP contribution in [-0.4, -0.2) is 38.6 Å². The third kappa shape index (κ3) is 7.34. The number of carbonyl (C=O) groups is 1. The van der Waals surface area contributed by atoms with Gasteiger partial charge < -0.3 is 16.0 Å². The van der Waals surface area contributed by atoms with Crippen molar-refractivity contribution < 1.29 is 4.79 Å². The van der Waals surface area contributed by atoms with Crippen LogP contribution >= 0.6 is 0 Å². The SMILES string of the molecule is CC(C)CNC(=O)CCNCC1CCCNC1. The highest BCUT2D eigenvalue weighted by atomic mass is 16.1. The zero-order valence-corrected chi connectivity index (χ0v) is 11.2. The lowest BCUT2D eigenvalue weighted by Crippen LogP contribution is -2.37. The molecule has 1 rings (SSSR count). The maximum Gasteiger partial charge on any atom is 0.221 e. The van der Waals surface area contributed by atoms with Gasteiger partial charge in [0.15, 0.2) is 0 Å². The lowest BCUT2D eigenvalue weighted by molar-refractivity contribution is -0.121. The predicted molar refractivity (Wildman–Crippen MR) is 70.9 cm³/mol. The first-order chi connectivity index (χ1) is 8.18. The van der Waals surface area contributed by atoms with Crippen molar-refractivity contribution in [1.29, 1.82) is 0 Å². The molecule has 0 aromatic carbocycles. The summed E-state index contributed by atoms with van der Waals surface area (Å²) in [5.74, 6) is 1.43. The number of rotatable bonds is 7. The Balaban J connectivity index is 1.94. The number of nitrogens with one attached hydrogen (secondary N) is 3. The van der Waals surface area contributed by atoms with Crippen LogP contribution in [0.2, 0.25) is 0 Å². The van der Waals surface area contributed by atoms with Gasteiger partial charge in [-0.05, 0) is 44.3 Å². The third-order valence-electron chi connectivity index (χ3n) is 3.07. The minimum absolute atomic E-state index is 0.160. The highest BCUT2D eigenvalue weighted by Crippen LogP contribution is 2.07. The molecule has 1 aliphatic rings. The van der Waals surface area contributed by atoms with E-state index in [1.807, 2.05) is 0 Å². The van der Waals surface area contributed by atoms with Gasteiger partial charge in [-0.15, -0.1) is 0 Å². The normalized spacial score (nSPS) is 20.5. The summed E-state index contributed by atoms with van der Waals surface area (Å²) in [6, 6.07) is 0. The van der Waals surface area contributed by atoms with Gasteiger partial charge in [0.2, 0.25) is 5.91 Å². The Morgan fingerprint density at radius 1 is 1.47 bits per heavy atom. The van der Waals surface area contributed by atoms with Gasteiger partial charge in [0.1, 0.15) is 0 Å². The highest BCUT2D eigenvalue weighted by Gasteiger charge is 2.12. The monoisotopic (exact) mass is 241 g/mol. The van der Waals surface area contributed by atoms with Gasteiger partial charge in [0.05, 0.1) is 0 Å². The summed E-state index contributed by atoms with van der Waals surface area (Å²) in [5.41, 5.74) is 0. The first-order valence-electron chi connectivity index (χ1n) is 6.86. The Morgan fingerprint density at radius 3 is 2.94 bits per heavy atom. The zero-order valence-electron chi connectivity index (χ0n) is 11.2. The molecule has 1 aliphatic heterocycles. The molecule has 4 nitrogen and oxygen atoms in total. The minimum atomic E-state index is 0.160. The van der Waals surface area contributed by atoms with Crippen LogP contribution in [0.25, 0.3) is 0 Å². The van der Waals surface area contributed by atoms with Crippen molar-refractivity contribution in [2.45, 2.75) is 33.1 Å². The maximum absolute atomic E-state index is 11.4. The van der Waals surface area contributed by atoms with E-state index >= 15 is 0 Å². The van der Waals surface area contributed by atoms with Crippen LogP contribution in [0.15, 0.2) is 0 Å². The Morgan fingerprint density at radius 2 is 2.29 bits per heavy atom. The Hall–Kier alpha value is -0.610. The molecule has 17 heavy (non-hydrogen) atoms. The van der Waals surface area contributed by atoms with Gasteiger partial charge in [0.25, 0.3) is 0 Å². The van der Waals surface area contributed by atoms with Crippen molar-refractivity contribution >= 4 is 5.91 Å². The van der Waals surface area contributed by atoms with Gasteiger partial charge in [-0.25, -0.2) is 0 Å². The van der Waals surface area contributed by atoms with Gasteiger partial charge in [-0.3, -0.25) is 4.79 Å². The number of hydrogen-bond acceptors (Lipinski definition) is 3. The molecule has 0 saturated carbocycles. The van der Waals surface area contributed by atoms with Gasteiger partial charge in [-0.1, -0.05) is 13.8 Å². The second kappa shape index (κ2) is 8.48. The molecule has 0 spiro atoms. The van der Waals surface area contributed by atoms with Crippen LogP contribution in [0.4, 0.5) is 0 Å². The summed E-state index contributed by atoms with van der Waals surface area (Å²) in [6.45, 7) is 9.10. The van der Waals surface area contributed by atoms with E-state index in [0.717, 1.165) is 38.6 Å². The number of carbonyl (C=O) groups excluding carboxylic acids is 1. The van der Waals surface area contributed by atoms with E-state index in [1.165, 1.54) is 12.8 Å². The van der Waals surface area contributed by atoms with Crippen LogP contribution in [0, 0.1) is 11.8 Å². The molecule has 1 heterocycles. The van der Waals surface area contributed by atoms with Crippen LogP contribution in [0.3, 0.4) is 0 Å². The third-order valence-corrected chi connectivity index (χ3v) is 3.07. The first-order valence-corrected chi connectivity index (χ1v) is 6.86. The van der Waals surface area contributed by atoms with Gasteiger partial charge >= 0.3 is 0 Å². The molecule has 1 saturated heterocycles. The summed E-state index contributed by atoms with van der Waals surface area (Å²) >= 11 is 0. The summed E-state index contributed by atoms with van der Waals surface area (Å²) in [6.07, 6.45) is 3.17. The molecule has 0 aromatic heterocycles. The van der Waals surface area contributed by atoms with Crippen molar-refractivity contribution in [2.24, 2.45) is 11.8 Å². The number of piperidine rings is 1. The smallest absolute Gasteiger partial charge is 0.221 e. The van der Waals surface area contributed by atoms with E-state index < -0.39 is 0 Å². The van der Waals surface area contributed by atoms with E-state index in [9.17, 15) is 4.79 Å². The molecule has 100 valence electrons. The molecule has 1 amide bonds. The fourth-order valence-corrected chi connectivity index (χ4v) is 2.01. The lowest BCUT2D eigenvalue weighted by Gasteiger charge is -2.22. The van der Waals surface area contributed by atoms with Crippen LogP contribution in [0.5, 0.6) is 0 Å². The Bertz CT molecular complexity index is 213. The standard InChI is InChI=1S/C13H27N3O/c1-11(2)8-16-13(17)5-7-15-10-12-4-3-6-14-9-12/h11-12,14-15H,3-10H2,1-2H3,(H,16,17). The molecule has 1 atom stereocenters. The van der Waals surface area contributed by atoms with Crippen LogP contribution in [-0.2, 0) is 4.79 Å². The van der Waals surface area contributed by atoms with Crippen molar-refractivity contribution in [3.05, 3.63) is 0 Å². The van der Waals surface area contributed by atoms with Crippen molar-refractivity contribution in [1.82, 2.24) is 16.0 Å². The molecule has 0 aliphatic carbocycles. The van der Waals surface area contributed by atoms with Crippen LogP contribution in [0.1, 0.15) is 33.1 Å². The topological polar surface area (TPSA) is 53.2 Å². The molecule has 3 N–H and O–H groups in total.